The predicted molar refractivity (Wildman–Crippen MR) is 117 cm³/mol. The first kappa shape index (κ1) is 20.8. The molecule has 1 aromatic carbocycles. The molecule has 4 aliphatic rings. The van der Waals surface area contributed by atoms with Gasteiger partial charge >= 0.3 is 11.9 Å². The van der Waals surface area contributed by atoms with Crippen LogP contribution in [0.1, 0.15) is 52.7 Å². The number of carbonyl (C=O) groups is 2. The number of piperidine rings is 2. The van der Waals surface area contributed by atoms with Crippen molar-refractivity contribution < 1.29 is 19.1 Å². The summed E-state index contributed by atoms with van der Waals surface area (Å²) in [6.45, 7) is 8.08. The topological polar surface area (TPSA) is 59.1 Å². The monoisotopic (exact) mass is 444 g/mol. The number of likely N-dealkylation sites (tertiary alicyclic amines) is 2. The fourth-order valence-electron chi connectivity index (χ4n) is 5.56. The summed E-state index contributed by atoms with van der Waals surface area (Å²) < 4.78 is 10.2. The van der Waals surface area contributed by atoms with Crippen LogP contribution in [-0.4, -0.2) is 61.1 Å². The largest absolute Gasteiger partial charge is 0.457 e. The molecule has 5 rings (SSSR count). The van der Waals surface area contributed by atoms with Crippen molar-refractivity contribution >= 4 is 23.5 Å². The highest BCUT2D eigenvalue weighted by Gasteiger charge is 2.39. The molecule has 2 saturated heterocycles. The van der Waals surface area contributed by atoms with E-state index in [4.69, 9.17) is 21.1 Å². The van der Waals surface area contributed by atoms with E-state index in [-0.39, 0.29) is 17.0 Å². The van der Waals surface area contributed by atoms with Crippen molar-refractivity contribution in [2.45, 2.75) is 45.6 Å². The molecule has 4 heterocycles. The van der Waals surface area contributed by atoms with Gasteiger partial charge in [0.1, 0.15) is 18.2 Å². The lowest BCUT2D eigenvalue weighted by atomic mass is 9.71. The van der Waals surface area contributed by atoms with Gasteiger partial charge in [-0.15, -0.1) is 0 Å². The van der Waals surface area contributed by atoms with Crippen molar-refractivity contribution in [3.63, 3.8) is 0 Å². The molecule has 0 bridgehead atoms. The van der Waals surface area contributed by atoms with E-state index in [1.54, 1.807) is 0 Å². The molecule has 31 heavy (non-hydrogen) atoms. The Labute approximate surface area is 188 Å². The Morgan fingerprint density at radius 3 is 2.32 bits per heavy atom. The summed E-state index contributed by atoms with van der Waals surface area (Å²) in [5.74, 6) is -0.578. The van der Waals surface area contributed by atoms with Crippen LogP contribution in [-0.2, 0) is 27.3 Å². The van der Waals surface area contributed by atoms with Crippen molar-refractivity contribution in [2.75, 3.05) is 39.3 Å². The van der Waals surface area contributed by atoms with Gasteiger partial charge in [-0.1, -0.05) is 17.7 Å². The number of carbonyl (C=O) groups excluding carboxylic acids is 2. The van der Waals surface area contributed by atoms with E-state index in [2.05, 4.69) is 22.8 Å². The fraction of sp³-hybridized carbons (Fsp3) is 0.583. The normalized spacial score (nSPS) is 23.4. The first-order chi connectivity index (χ1) is 15.0. The Kier molecular flexibility index (Phi) is 5.47. The molecular weight excluding hydrogens is 416 g/mol. The summed E-state index contributed by atoms with van der Waals surface area (Å²) >= 11 is 6.13. The van der Waals surface area contributed by atoms with Gasteiger partial charge in [-0.25, -0.2) is 9.59 Å². The van der Waals surface area contributed by atoms with Crippen LogP contribution >= 0.6 is 11.6 Å². The quantitative estimate of drug-likeness (QED) is 0.663. The molecule has 0 aromatic heterocycles. The van der Waals surface area contributed by atoms with Crippen LogP contribution < -0.4 is 0 Å². The third-order valence-electron chi connectivity index (χ3n) is 7.87. The summed E-state index contributed by atoms with van der Waals surface area (Å²) in [5.41, 5.74) is 5.63. The molecule has 1 aromatic rings. The number of fused-ring (bicyclic) bond motifs is 1. The van der Waals surface area contributed by atoms with Gasteiger partial charge in [-0.05, 0) is 74.7 Å². The van der Waals surface area contributed by atoms with Gasteiger partial charge < -0.3 is 19.3 Å². The van der Waals surface area contributed by atoms with Crippen LogP contribution in [0.5, 0.6) is 0 Å². The van der Waals surface area contributed by atoms with E-state index < -0.39 is 0 Å². The van der Waals surface area contributed by atoms with Crippen molar-refractivity contribution in [1.29, 1.82) is 0 Å². The summed E-state index contributed by atoms with van der Waals surface area (Å²) in [5, 5.41) is 0.267. The molecule has 2 fully saturated rings. The number of hydrogen-bond donors (Lipinski definition) is 0. The highest BCUT2D eigenvalue weighted by Crippen LogP contribution is 2.42. The Morgan fingerprint density at radius 2 is 1.65 bits per heavy atom. The Balaban J connectivity index is 1.13. The van der Waals surface area contributed by atoms with Crippen LogP contribution in [0.4, 0.5) is 0 Å². The van der Waals surface area contributed by atoms with Crippen molar-refractivity contribution in [3.8, 4) is 0 Å². The molecule has 7 heteroatoms. The van der Waals surface area contributed by atoms with E-state index >= 15 is 0 Å². The number of halogens is 1. The number of benzene rings is 1. The lowest BCUT2D eigenvalue weighted by molar-refractivity contribution is -0.135. The zero-order chi connectivity index (χ0) is 21.6. The minimum Gasteiger partial charge on any atom is -0.457 e. The number of nitrogens with zero attached hydrogens (tertiary/aromatic N) is 2. The first-order valence-electron chi connectivity index (χ1n) is 11.3. The zero-order valence-corrected chi connectivity index (χ0v) is 18.8. The zero-order valence-electron chi connectivity index (χ0n) is 18.0. The van der Waals surface area contributed by atoms with Crippen LogP contribution in [0.25, 0.3) is 0 Å². The summed E-state index contributed by atoms with van der Waals surface area (Å²) in [4.78, 5) is 28.1. The second-order valence-corrected chi connectivity index (χ2v) is 9.75. The molecule has 0 saturated carbocycles. The third kappa shape index (κ3) is 3.85. The Hall–Kier alpha value is -2.05. The smallest absolute Gasteiger partial charge is 0.352 e. The van der Waals surface area contributed by atoms with Crippen molar-refractivity contribution in [3.05, 3.63) is 45.1 Å². The van der Waals surface area contributed by atoms with Crippen LogP contribution in [0.2, 0.25) is 0 Å². The average Bonchev–Trinajstić information content (AvgIpc) is 3.32. The van der Waals surface area contributed by atoms with Gasteiger partial charge in [0.05, 0.1) is 11.3 Å². The van der Waals surface area contributed by atoms with Gasteiger partial charge in [-0.3, -0.25) is 0 Å². The highest BCUT2D eigenvalue weighted by molar-refractivity contribution is 6.42. The number of rotatable bonds is 4. The van der Waals surface area contributed by atoms with Crippen LogP contribution in [0.3, 0.4) is 0 Å². The third-order valence-corrected chi connectivity index (χ3v) is 8.24. The second-order valence-electron chi connectivity index (χ2n) is 9.37. The highest BCUT2D eigenvalue weighted by atomic mass is 35.5. The Bertz CT molecular complexity index is 939. The maximum absolute atomic E-state index is 11.7. The maximum Gasteiger partial charge on any atom is 0.352 e. The maximum atomic E-state index is 11.7. The van der Waals surface area contributed by atoms with Gasteiger partial charge in [0.2, 0.25) is 0 Å². The number of hydrogen-bond acceptors (Lipinski definition) is 6. The molecule has 0 atom stereocenters. The van der Waals surface area contributed by atoms with Gasteiger partial charge in [-0.2, -0.15) is 0 Å². The molecule has 0 N–H and O–H groups in total. The standard InChI is InChI=1S/C24H29ClN2O4/c1-16-17(2-3-18-19(16)14-30-22(18)28)4-9-26-10-5-24(6-11-26)7-12-27(13-8-24)20-15-31-23(29)21(20)25/h2-3H,4-15H2,1H3. The molecule has 4 aliphatic heterocycles. The molecule has 6 nitrogen and oxygen atoms in total. The van der Waals surface area contributed by atoms with Gasteiger partial charge in [0, 0.05) is 25.2 Å². The van der Waals surface area contributed by atoms with E-state index in [1.165, 1.54) is 24.0 Å². The average molecular weight is 445 g/mol. The van der Waals surface area contributed by atoms with E-state index in [0.29, 0.717) is 18.6 Å². The molecule has 0 aliphatic carbocycles. The number of cyclic esters (lactones) is 2. The first-order valence-corrected chi connectivity index (χ1v) is 11.7. The second kappa shape index (κ2) is 8.14. The molecule has 166 valence electrons. The van der Waals surface area contributed by atoms with Crippen molar-refractivity contribution in [1.82, 2.24) is 9.80 Å². The molecule has 1 spiro atoms. The summed E-state index contributed by atoms with van der Waals surface area (Å²) in [6.07, 6.45) is 5.78. The number of ether oxygens (including phenoxy) is 2. The molecule has 0 unspecified atom stereocenters. The fourth-order valence-corrected chi connectivity index (χ4v) is 5.79. The number of esters is 2. The van der Waals surface area contributed by atoms with E-state index in [9.17, 15) is 9.59 Å². The van der Waals surface area contributed by atoms with Gasteiger partial charge in [0.25, 0.3) is 0 Å². The van der Waals surface area contributed by atoms with Crippen molar-refractivity contribution in [2.24, 2.45) is 5.41 Å². The SMILES string of the molecule is Cc1c(CCN2CCC3(CC2)CCN(C2=C(Cl)C(=O)OC2)CC3)ccc2c1COC2=O. The van der Waals surface area contributed by atoms with E-state index in [0.717, 1.165) is 68.8 Å². The van der Waals surface area contributed by atoms with Gasteiger partial charge in [0.15, 0.2) is 0 Å². The summed E-state index contributed by atoms with van der Waals surface area (Å²) in [7, 11) is 0. The minimum atomic E-state index is -0.386. The minimum absolute atomic E-state index is 0.192. The predicted octanol–water partition coefficient (Wildman–Crippen LogP) is 3.39. The van der Waals surface area contributed by atoms with Crippen LogP contribution in [0, 0.1) is 12.3 Å². The molecule has 0 radical (unpaired) electrons. The summed E-state index contributed by atoms with van der Waals surface area (Å²) in [6, 6.07) is 4.02. The lowest BCUT2D eigenvalue weighted by Crippen LogP contribution is -2.47. The molecule has 0 amide bonds. The molecular formula is C24H29ClN2O4. The lowest BCUT2D eigenvalue weighted by Gasteiger charge is -2.47. The van der Waals surface area contributed by atoms with E-state index in [1.807, 2.05) is 6.07 Å². The Morgan fingerprint density at radius 1 is 0.968 bits per heavy atom. The van der Waals surface area contributed by atoms with Crippen LogP contribution in [0.15, 0.2) is 22.9 Å².